The number of fused-ring (bicyclic) bond motifs is 1. The fraction of sp³-hybridized carbons (Fsp3) is 0.238. The molecule has 0 unspecified atom stereocenters. The van der Waals surface area contributed by atoms with Crippen molar-refractivity contribution in [3.8, 4) is 11.3 Å². The Hall–Kier alpha value is -3.61. The van der Waals surface area contributed by atoms with Gasteiger partial charge in [-0.25, -0.2) is 18.7 Å². The zero-order chi connectivity index (χ0) is 27.7. The van der Waals surface area contributed by atoms with Crippen LogP contribution in [0.3, 0.4) is 0 Å². The van der Waals surface area contributed by atoms with Crippen molar-refractivity contribution in [2.75, 3.05) is 18.3 Å². The minimum atomic E-state index is -1.30. The molecule has 0 spiro atoms. The van der Waals surface area contributed by atoms with Gasteiger partial charge in [-0.2, -0.15) is 9.36 Å². The predicted molar refractivity (Wildman–Crippen MR) is 142 cm³/mol. The second-order valence-corrected chi connectivity index (χ2v) is 12.0. The number of carbonyl (C=O) groups is 3. The smallest absolute Gasteiger partial charge is 0.353 e. The second-order valence-electron chi connectivity index (χ2n) is 7.93. The Labute approximate surface area is 236 Å². The summed E-state index contributed by atoms with van der Waals surface area (Å²) in [6, 6.07) is 2.80. The topological polar surface area (TPSA) is 177 Å². The summed E-state index contributed by atoms with van der Waals surface area (Å²) in [7, 11) is 1.91. The Balaban J connectivity index is 1.32. The number of aromatic nitrogens is 4. The number of aliphatic carboxylic acids is 1. The molecular weight excluding hydrogens is 592 g/mol. The lowest BCUT2D eigenvalue weighted by atomic mass is 10.0. The van der Waals surface area contributed by atoms with E-state index in [0.29, 0.717) is 9.24 Å². The maximum Gasteiger partial charge on any atom is 0.353 e. The number of carboxylic acid groups (broad SMARTS) is 1. The fourth-order valence-corrected chi connectivity index (χ4v) is 7.59. The van der Waals surface area contributed by atoms with Gasteiger partial charge in [-0.05, 0) is 0 Å². The zero-order valence-electron chi connectivity index (χ0n) is 19.8. The van der Waals surface area contributed by atoms with E-state index < -0.39 is 41.8 Å². The largest absolute Gasteiger partial charge is 0.477 e. The number of carbonyl (C=O) groups excluding carboxylic acids is 2. The van der Waals surface area contributed by atoms with E-state index in [0.717, 1.165) is 27.7 Å². The van der Waals surface area contributed by atoms with Crippen LogP contribution in [0.1, 0.15) is 5.82 Å². The molecule has 4 N–H and O–H groups in total. The normalized spacial score (nSPS) is 19.0. The van der Waals surface area contributed by atoms with Gasteiger partial charge in [-0.3, -0.25) is 14.5 Å². The monoisotopic (exact) mass is 609 g/mol. The lowest BCUT2D eigenvalue weighted by Gasteiger charge is -2.49. The number of nitrogens with one attached hydrogen (secondary N) is 1. The molecule has 202 valence electrons. The molecule has 0 bridgehead atoms. The van der Waals surface area contributed by atoms with E-state index in [9.17, 15) is 23.9 Å². The molecule has 5 heterocycles. The molecule has 3 aromatic heterocycles. The van der Waals surface area contributed by atoms with Gasteiger partial charge in [0.25, 0.3) is 18.7 Å². The zero-order valence-corrected chi connectivity index (χ0v) is 23.1. The summed E-state index contributed by atoms with van der Waals surface area (Å²) in [5.41, 5.74) is 6.61. The molecule has 3 aromatic rings. The van der Waals surface area contributed by atoms with Gasteiger partial charge in [-0.15, -0.1) is 23.1 Å². The van der Waals surface area contributed by atoms with Gasteiger partial charge in [0.2, 0.25) is 11.5 Å². The number of amides is 2. The maximum atomic E-state index is 13.0. The Kier molecular flexibility index (Phi) is 7.78. The van der Waals surface area contributed by atoms with Crippen molar-refractivity contribution in [1.29, 1.82) is 0 Å². The van der Waals surface area contributed by atoms with Crippen molar-refractivity contribution in [2.45, 2.75) is 15.8 Å². The average Bonchev–Trinajstić information content (AvgIpc) is 3.56. The fourth-order valence-electron chi connectivity index (χ4n) is 3.70. The van der Waals surface area contributed by atoms with E-state index in [4.69, 9.17) is 5.73 Å². The van der Waals surface area contributed by atoms with Crippen LogP contribution in [0.5, 0.6) is 0 Å². The van der Waals surface area contributed by atoms with Crippen molar-refractivity contribution in [3.05, 3.63) is 46.3 Å². The van der Waals surface area contributed by atoms with E-state index >= 15 is 0 Å². The van der Waals surface area contributed by atoms with Crippen molar-refractivity contribution in [1.82, 2.24) is 24.6 Å². The third-order valence-electron chi connectivity index (χ3n) is 5.46. The quantitative estimate of drug-likeness (QED) is 0.137. The number of halogens is 1. The van der Waals surface area contributed by atoms with Gasteiger partial charge in [0.1, 0.15) is 24.2 Å². The minimum Gasteiger partial charge on any atom is -0.477 e. The highest BCUT2D eigenvalue weighted by atomic mass is 32.2. The van der Waals surface area contributed by atoms with Crippen molar-refractivity contribution in [3.63, 3.8) is 0 Å². The van der Waals surface area contributed by atoms with Crippen LogP contribution in [0.25, 0.3) is 11.3 Å². The van der Waals surface area contributed by atoms with E-state index in [1.54, 1.807) is 0 Å². The van der Waals surface area contributed by atoms with E-state index in [1.807, 2.05) is 41.5 Å². The van der Waals surface area contributed by atoms with Crippen LogP contribution in [0.15, 0.2) is 50.0 Å². The molecule has 2 aliphatic heterocycles. The Morgan fingerprint density at radius 1 is 1.38 bits per heavy atom. The number of β-lactam (4-membered cyclic amide) rings is 1. The molecule has 18 heteroatoms. The van der Waals surface area contributed by atoms with Crippen molar-refractivity contribution in [2.24, 2.45) is 12.2 Å². The number of nitrogens with two attached hydrogens (primary N) is 1. The van der Waals surface area contributed by atoms with Crippen LogP contribution in [0.2, 0.25) is 0 Å². The first kappa shape index (κ1) is 27.0. The van der Waals surface area contributed by atoms with Crippen LogP contribution in [-0.2, 0) is 26.3 Å². The van der Waals surface area contributed by atoms with E-state index in [2.05, 4.69) is 29.7 Å². The van der Waals surface area contributed by atoms with Crippen LogP contribution < -0.4 is 15.6 Å². The molecule has 2 amide bonds. The molecule has 2 atom stereocenters. The average molecular weight is 610 g/mol. The van der Waals surface area contributed by atoms with Gasteiger partial charge in [0.05, 0.1) is 5.69 Å². The summed E-state index contributed by atoms with van der Waals surface area (Å²) >= 11 is 4.65. The molecule has 0 aromatic carbocycles. The summed E-state index contributed by atoms with van der Waals surface area (Å²) in [6.07, 6.45) is 3.81. The van der Waals surface area contributed by atoms with Crippen molar-refractivity contribution < 1.29 is 33.3 Å². The molecular formula is C21H18FN8O5S4+. The van der Waals surface area contributed by atoms with Gasteiger partial charge >= 0.3 is 5.97 Å². The van der Waals surface area contributed by atoms with Gasteiger partial charge in [0, 0.05) is 45.3 Å². The summed E-state index contributed by atoms with van der Waals surface area (Å²) in [6.45, 7) is -1.30. The van der Waals surface area contributed by atoms with Crippen molar-refractivity contribution >= 4 is 75.0 Å². The molecule has 2 aliphatic rings. The number of pyridine rings is 1. The summed E-state index contributed by atoms with van der Waals surface area (Å²) in [4.78, 5) is 52.5. The first-order chi connectivity index (χ1) is 18.8. The standard InChI is InChI=1S/C21H17FN8O5S4/c1-29-4-2-9(3-5-29)10-6-37-21(24-10)38-11-7-36-18-13(17(32)30(18)14(11)19(33)34)25-16(31)12(27-35-8-22)15-26-20(23)39-28-15/h2-6,13,18H,7-8H2,1H3,(H3-,23,25,26,28,31,33,34)/p+1/b27-12+/t13-,18-/m1/s1. The number of hydrogen-bond donors (Lipinski definition) is 3. The second kappa shape index (κ2) is 11.2. The number of alkyl halides is 1. The van der Waals surface area contributed by atoms with Gasteiger partial charge < -0.3 is 21.0 Å². The van der Waals surface area contributed by atoms with Crippen LogP contribution in [-0.4, -0.2) is 71.9 Å². The number of thiazole rings is 1. The van der Waals surface area contributed by atoms with E-state index in [-0.39, 0.29) is 22.4 Å². The predicted octanol–water partition coefficient (Wildman–Crippen LogP) is 1.20. The Morgan fingerprint density at radius 2 is 2.15 bits per heavy atom. The SMILES string of the molecule is C[n+]1ccc(-c2csc(SC3=C(C(=O)O)N4C(=O)[C@@H](NC(=O)/C(=N/OCF)c5nsc(N)n5)[C@H]4SC3)n2)cc1. The molecule has 0 saturated carbocycles. The number of thioether (sulfide) groups is 2. The molecule has 5 rings (SSSR count). The number of aryl methyl sites for hydroxylation is 1. The lowest BCUT2D eigenvalue weighted by molar-refractivity contribution is -0.671. The number of oxime groups is 1. The molecule has 0 aliphatic carbocycles. The highest BCUT2D eigenvalue weighted by Gasteiger charge is 2.54. The lowest BCUT2D eigenvalue weighted by Crippen LogP contribution is -2.71. The number of carboxylic acids is 1. The third kappa shape index (κ3) is 5.45. The summed E-state index contributed by atoms with van der Waals surface area (Å²) < 4.78 is 18.9. The Bertz CT molecular complexity index is 1510. The minimum absolute atomic E-state index is 0.0472. The number of nitrogen functional groups attached to an aromatic ring is 1. The molecule has 39 heavy (non-hydrogen) atoms. The number of nitrogens with zero attached hydrogens (tertiary/aromatic N) is 6. The molecule has 1 fully saturated rings. The van der Waals surface area contributed by atoms with Crippen LogP contribution in [0.4, 0.5) is 9.52 Å². The van der Waals surface area contributed by atoms with Crippen LogP contribution in [0, 0.1) is 0 Å². The molecule has 1 saturated heterocycles. The van der Waals surface area contributed by atoms with Gasteiger partial charge in [-0.1, -0.05) is 16.9 Å². The molecule has 0 radical (unpaired) electrons. The summed E-state index contributed by atoms with van der Waals surface area (Å²) in [5, 5.41) is 17.1. The highest BCUT2D eigenvalue weighted by Crippen LogP contribution is 2.46. The highest BCUT2D eigenvalue weighted by molar-refractivity contribution is 8.07. The first-order valence-corrected chi connectivity index (χ1v) is 14.4. The number of anilines is 1. The summed E-state index contributed by atoms with van der Waals surface area (Å²) in [5.74, 6) is -2.70. The first-order valence-electron chi connectivity index (χ1n) is 10.9. The maximum absolute atomic E-state index is 13.0. The Morgan fingerprint density at radius 3 is 2.82 bits per heavy atom. The number of hydrogen-bond acceptors (Lipinski definition) is 13. The third-order valence-corrected chi connectivity index (χ3v) is 9.49. The number of rotatable bonds is 9. The van der Waals surface area contributed by atoms with Crippen LogP contribution >= 0.6 is 46.4 Å². The van der Waals surface area contributed by atoms with Gasteiger partial charge in [0.15, 0.2) is 21.9 Å². The molecule has 13 nitrogen and oxygen atoms in total. The van der Waals surface area contributed by atoms with E-state index in [1.165, 1.54) is 34.9 Å².